The van der Waals surface area contributed by atoms with Crippen LogP contribution in [0.3, 0.4) is 0 Å². The molecular weight excluding hydrogens is 432 g/mol. The van der Waals surface area contributed by atoms with Crippen molar-refractivity contribution in [1.82, 2.24) is 10.6 Å². The number of amides is 2. The van der Waals surface area contributed by atoms with E-state index in [1.807, 2.05) is 18.2 Å². The van der Waals surface area contributed by atoms with Gasteiger partial charge in [0.2, 0.25) is 5.91 Å². The van der Waals surface area contributed by atoms with Crippen molar-refractivity contribution in [3.8, 4) is 0 Å². The molecule has 0 radical (unpaired) electrons. The van der Waals surface area contributed by atoms with E-state index in [0.29, 0.717) is 0 Å². The maximum atomic E-state index is 12.7. The van der Waals surface area contributed by atoms with E-state index in [9.17, 15) is 28.8 Å². The number of hydrogen-bond donors (Lipinski definition) is 4. The average Bonchev–Trinajstić information content (AvgIpc) is 2.76. The van der Waals surface area contributed by atoms with E-state index in [4.69, 9.17) is 10.2 Å². The topological polar surface area (TPSA) is 167 Å². The third-order valence-electron chi connectivity index (χ3n) is 4.93. The fraction of sp³-hybridized carbons (Fsp3) is 0.304. The number of aldehydes is 1. The van der Waals surface area contributed by atoms with Gasteiger partial charge in [-0.1, -0.05) is 37.3 Å². The number of carboxylic acid groups (broad SMARTS) is 2. The molecule has 0 heterocycles. The largest absolute Gasteiger partial charge is 0.481 e. The quantitative estimate of drug-likeness (QED) is 0.345. The van der Waals surface area contributed by atoms with Gasteiger partial charge in [-0.15, -0.1) is 0 Å². The van der Waals surface area contributed by atoms with E-state index in [2.05, 4.69) is 10.6 Å². The first-order valence-corrected chi connectivity index (χ1v) is 10.1. The summed E-state index contributed by atoms with van der Waals surface area (Å²) in [6, 6.07) is 9.59. The first-order chi connectivity index (χ1) is 15.6. The highest BCUT2D eigenvalue weighted by Gasteiger charge is 2.28. The molecule has 174 valence electrons. The van der Waals surface area contributed by atoms with Gasteiger partial charge in [0.05, 0.1) is 24.9 Å². The zero-order valence-corrected chi connectivity index (χ0v) is 17.8. The third-order valence-corrected chi connectivity index (χ3v) is 4.93. The van der Waals surface area contributed by atoms with Gasteiger partial charge in [0.1, 0.15) is 6.29 Å². The van der Waals surface area contributed by atoms with Gasteiger partial charge >= 0.3 is 11.9 Å². The van der Waals surface area contributed by atoms with Gasteiger partial charge in [0, 0.05) is 17.9 Å². The van der Waals surface area contributed by atoms with Crippen LogP contribution in [0.1, 0.15) is 36.5 Å². The summed E-state index contributed by atoms with van der Waals surface area (Å²) in [7, 11) is 0. The van der Waals surface area contributed by atoms with Crippen molar-refractivity contribution in [2.45, 2.75) is 38.3 Å². The number of Topliss-reactive ketones (excluding diaryl/α,β-unsaturated/α-hetero) is 1. The maximum Gasteiger partial charge on any atom is 0.305 e. The maximum absolute atomic E-state index is 12.7. The molecule has 10 heteroatoms. The van der Waals surface area contributed by atoms with Crippen molar-refractivity contribution in [2.24, 2.45) is 5.92 Å². The number of benzene rings is 2. The number of fused-ring (bicyclic) bond motifs is 1. The number of ketones is 1. The van der Waals surface area contributed by atoms with Crippen molar-refractivity contribution < 1.29 is 39.0 Å². The third kappa shape index (κ3) is 7.53. The lowest BCUT2D eigenvalue weighted by molar-refractivity contribution is -0.139. The Morgan fingerprint density at radius 3 is 2.12 bits per heavy atom. The predicted octanol–water partition coefficient (Wildman–Crippen LogP) is 1.17. The Morgan fingerprint density at radius 1 is 0.879 bits per heavy atom. The SMILES string of the molecule is CC(CC(=O)[C@H](CC(=O)O)NC(=O)c1ccc2ccccc2c1)C(=O)N[C@H](C=O)CC(=O)O. The number of carbonyl (C=O) groups is 6. The van der Waals surface area contributed by atoms with Crippen LogP contribution in [0.5, 0.6) is 0 Å². The molecule has 0 aliphatic heterocycles. The number of carboxylic acids is 2. The summed E-state index contributed by atoms with van der Waals surface area (Å²) < 4.78 is 0. The summed E-state index contributed by atoms with van der Waals surface area (Å²) in [4.78, 5) is 70.5. The highest BCUT2D eigenvalue weighted by atomic mass is 16.4. The van der Waals surface area contributed by atoms with Gasteiger partial charge in [-0.3, -0.25) is 24.0 Å². The van der Waals surface area contributed by atoms with Gasteiger partial charge in [0.25, 0.3) is 5.91 Å². The Balaban J connectivity index is 2.07. The molecule has 0 aliphatic rings. The average molecular weight is 456 g/mol. The Bertz CT molecular complexity index is 1080. The molecule has 3 atom stereocenters. The van der Waals surface area contributed by atoms with E-state index in [0.717, 1.165) is 10.8 Å². The lowest BCUT2D eigenvalue weighted by Gasteiger charge is -2.19. The van der Waals surface area contributed by atoms with Crippen molar-refractivity contribution in [3.05, 3.63) is 48.0 Å². The van der Waals surface area contributed by atoms with Gasteiger partial charge < -0.3 is 25.6 Å². The Hall–Kier alpha value is -4.08. The number of aliphatic carboxylic acids is 2. The molecule has 0 spiro atoms. The van der Waals surface area contributed by atoms with Crippen LogP contribution in [-0.2, 0) is 24.0 Å². The number of carbonyl (C=O) groups excluding carboxylic acids is 4. The molecule has 0 fully saturated rings. The smallest absolute Gasteiger partial charge is 0.305 e. The molecule has 2 rings (SSSR count). The molecule has 0 aliphatic carbocycles. The summed E-state index contributed by atoms with van der Waals surface area (Å²) in [6.07, 6.45) is -1.43. The molecular formula is C23H24N2O8. The Kier molecular flexibility index (Phi) is 8.79. The van der Waals surface area contributed by atoms with E-state index in [1.165, 1.54) is 6.92 Å². The first kappa shape index (κ1) is 25.2. The highest BCUT2D eigenvalue weighted by molar-refractivity contribution is 6.02. The standard InChI is InChI=1S/C23H24N2O8/c1-13(22(32)24-17(12-26)10-20(28)29)8-19(27)18(11-21(30)31)25-23(33)16-7-6-14-4-2-3-5-15(14)9-16/h2-7,9,12-13,17-18H,8,10-11H2,1H3,(H,24,32)(H,25,33)(H,28,29)(H,30,31)/t13?,17-,18-/m0/s1. The molecule has 33 heavy (non-hydrogen) atoms. The van der Waals surface area contributed by atoms with E-state index in [1.54, 1.807) is 24.3 Å². The lowest BCUT2D eigenvalue weighted by atomic mass is 9.96. The molecule has 0 aromatic heterocycles. The minimum atomic E-state index is -1.38. The van der Waals surface area contributed by atoms with Crippen LogP contribution in [0.15, 0.2) is 42.5 Å². The summed E-state index contributed by atoms with van der Waals surface area (Å²) in [5, 5.41) is 24.2. The Labute approximate surface area is 189 Å². The molecule has 0 bridgehead atoms. The minimum absolute atomic E-state index is 0.241. The van der Waals surface area contributed by atoms with Gasteiger partial charge in [-0.2, -0.15) is 0 Å². The molecule has 2 aromatic rings. The molecule has 0 saturated carbocycles. The van der Waals surface area contributed by atoms with Gasteiger partial charge in [0.15, 0.2) is 5.78 Å². The molecule has 2 aromatic carbocycles. The van der Waals surface area contributed by atoms with Crippen LogP contribution in [0.2, 0.25) is 0 Å². The molecule has 10 nitrogen and oxygen atoms in total. The van der Waals surface area contributed by atoms with Crippen molar-refractivity contribution in [3.63, 3.8) is 0 Å². The van der Waals surface area contributed by atoms with Crippen molar-refractivity contribution >= 4 is 46.6 Å². The minimum Gasteiger partial charge on any atom is -0.481 e. The molecule has 2 amide bonds. The summed E-state index contributed by atoms with van der Waals surface area (Å²) in [5.74, 6) is -5.64. The lowest BCUT2D eigenvalue weighted by Crippen LogP contribution is -2.45. The normalized spacial score (nSPS) is 13.4. The second-order valence-electron chi connectivity index (χ2n) is 7.61. The second-order valence-corrected chi connectivity index (χ2v) is 7.61. The van der Waals surface area contributed by atoms with Crippen molar-refractivity contribution in [1.29, 1.82) is 0 Å². The fourth-order valence-corrected chi connectivity index (χ4v) is 3.18. The molecule has 0 saturated heterocycles. The van der Waals surface area contributed by atoms with E-state index < -0.39 is 66.8 Å². The molecule has 4 N–H and O–H groups in total. The fourth-order valence-electron chi connectivity index (χ4n) is 3.18. The Morgan fingerprint density at radius 2 is 1.52 bits per heavy atom. The zero-order chi connectivity index (χ0) is 24.5. The monoisotopic (exact) mass is 456 g/mol. The van der Waals surface area contributed by atoms with E-state index >= 15 is 0 Å². The summed E-state index contributed by atoms with van der Waals surface area (Å²) >= 11 is 0. The number of nitrogens with one attached hydrogen (secondary N) is 2. The highest BCUT2D eigenvalue weighted by Crippen LogP contribution is 2.16. The van der Waals surface area contributed by atoms with Gasteiger partial charge in [-0.25, -0.2) is 0 Å². The van der Waals surface area contributed by atoms with Gasteiger partial charge in [-0.05, 0) is 22.9 Å². The van der Waals surface area contributed by atoms with Crippen LogP contribution in [-0.4, -0.2) is 58.1 Å². The van der Waals surface area contributed by atoms with E-state index in [-0.39, 0.29) is 11.8 Å². The number of rotatable bonds is 12. The van der Waals surface area contributed by atoms with Crippen LogP contribution in [0.4, 0.5) is 0 Å². The van der Waals surface area contributed by atoms with Crippen molar-refractivity contribution in [2.75, 3.05) is 0 Å². The van der Waals surface area contributed by atoms with Crippen LogP contribution in [0, 0.1) is 5.92 Å². The zero-order valence-electron chi connectivity index (χ0n) is 17.8. The van der Waals surface area contributed by atoms with Crippen LogP contribution >= 0.6 is 0 Å². The first-order valence-electron chi connectivity index (χ1n) is 10.1. The van der Waals surface area contributed by atoms with Crippen LogP contribution < -0.4 is 10.6 Å². The van der Waals surface area contributed by atoms with Crippen LogP contribution in [0.25, 0.3) is 10.8 Å². The number of hydrogen-bond acceptors (Lipinski definition) is 6. The summed E-state index contributed by atoms with van der Waals surface area (Å²) in [5.41, 5.74) is 0.241. The predicted molar refractivity (Wildman–Crippen MR) is 116 cm³/mol. The molecule has 1 unspecified atom stereocenters. The second kappa shape index (κ2) is 11.5. The summed E-state index contributed by atoms with van der Waals surface area (Å²) in [6.45, 7) is 1.37.